The maximum atomic E-state index is 12.5. The molecule has 0 unspecified atom stereocenters. The molecule has 0 atom stereocenters. The molecule has 0 aliphatic carbocycles. The van der Waals surface area contributed by atoms with E-state index in [9.17, 15) is 35.9 Å². The molecule has 0 amide bonds. The second-order valence-electron chi connectivity index (χ2n) is 4.08. The summed E-state index contributed by atoms with van der Waals surface area (Å²) in [5.74, 6) is -12.4. The van der Waals surface area contributed by atoms with Gasteiger partial charge in [0.2, 0.25) is 0 Å². The molecule has 0 aliphatic heterocycles. The van der Waals surface area contributed by atoms with Gasteiger partial charge in [0, 0.05) is 6.07 Å². The van der Waals surface area contributed by atoms with Gasteiger partial charge in [-0.05, 0) is 18.2 Å². The van der Waals surface area contributed by atoms with Crippen molar-refractivity contribution in [3.8, 4) is 0 Å². The van der Waals surface area contributed by atoms with Gasteiger partial charge < -0.3 is 10.2 Å². The van der Waals surface area contributed by atoms with Crippen LogP contribution in [-0.2, 0) is 0 Å². The lowest BCUT2D eigenvalue weighted by Crippen LogP contribution is -2.04. The predicted octanol–water partition coefficient (Wildman–Crippen LogP) is 3.60. The smallest absolute Gasteiger partial charge is 0.338 e. The first-order valence-electron chi connectivity index (χ1n) is 5.80. The largest absolute Gasteiger partial charge is 0.478 e. The predicted molar refractivity (Wildman–Crippen MR) is 66.6 cm³/mol. The van der Waals surface area contributed by atoms with Crippen molar-refractivity contribution in [1.82, 2.24) is 0 Å². The quantitative estimate of drug-likeness (QED) is 0.492. The molecule has 4 nitrogen and oxygen atoms in total. The average Bonchev–Trinajstić information content (AvgIpc) is 2.48. The van der Waals surface area contributed by atoms with Gasteiger partial charge in [0.25, 0.3) is 0 Å². The van der Waals surface area contributed by atoms with Crippen LogP contribution in [-0.4, -0.2) is 22.2 Å². The van der Waals surface area contributed by atoms with E-state index >= 15 is 0 Å². The number of aromatic carboxylic acids is 2. The first-order valence-corrected chi connectivity index (χ1v) is 5.80. The number of benzene rings is 2. The number of carboxylic acid groups (broad SMARTS) is 2. The Labute approximate surface area is 129 Å². The zero-order valence-corrected chi connectivity index (χ0v) is 11.3. The Morgan fingerprint density at radius 2 is 1.21 bits per heavy atom. The number of rotatable bonds is 2. The van der Waals surface area contributed by atoms with Crippen LogP contribution in [0.5, 0.6) is 0 Å². The molecule has 0 saturated carbocycles. The topological polar surface area (TPSA) is 74.6 Å². The van der Waals surface area contributed by atoms with Crippen LogP contribution in [0.25, 0.3) is 0 Å². The SMILES string of the molecule is O=C(O)c1cc(F)cc(F)c1F.O=C(O)c1ccc(F)c(F)c1F. The molecule has 128 valence electrons. The highest BCUT2D eigenvalue weighted by molar-refractivity contribution is 5.88. The van der Waals surface area contributed by atoms with E-state index in [0.29, 0.717) is 18.2 Å². The lowest BCUT2D eigenvalue weighted by Gasteiger charge is -1.98. The number of carbonyl (C=O) groups is 2. The summed E-state index contributed by atoms with van der Waals surface area (Å²) in [4.78, 5) is 20.3. The fourth-order valence-electron chi connectivity index (χ4n) is 1.40. The molecular weight excluding hydrogens is 346 g/mol. The van der Waals surface area contributed by atoms with Crippen LogP contribution in [0.15, 0.2) is 24.3 Å². The second kappa shape index (κ2) is 7.49. The highest BCUT2D eigenvalue weighted by Crippen LogP contribution is 2.15. The first-order chi connectivity index (χ1) is 11.1. The molecule has 24 heavy (non-hydrogen) atoms. The first kappa shape index (κ1) is 19.0. The zero-order chi connectivity index (χ0) is 18.6. The van der Waals surface area contributed by atoms with E-state index in [4.69, 9.17) is 10.2 Å². The number of hydrogen-bond donors (Lipinski definition) is 2. The van der Waals surface area contributed by atoms with Gasteiger partial charge in [-0.3, -0.25) is 0 Å². The van der Waals surface area contributed by atoms with E-state index in [1.807, 2.05) is 0 Å². The minimum absolute atomic E-state index is 0.280. The van der Waals surface area contributed by atoms with Crippen molar-refractivity contribution in [2.45, 2.75) is 0 Å². The van der Waals surface area contributed by atoms with Gasteiger partial charge in [-0.25, -0.2) is 35.9 Å². The minimum Gasteiger partial charge on any atom is -0.478 e. The Hall–Kier alpha value is -3.04. The van der Waals surface area contributed by atoms with E-state index in [-0.39, 0.29) is 6.07 Å². The molecule has 0 bridgehead atoms. The van der Waals surface area contributed by atoms with E-state index in [1.165, 1.54) is 0 Å². The molecule has 0 aliphatic rings. The normalized spacial score (nSPS) is 9.92. The molecule has 2 rings (SSSR count). The summed E-state index contributed by atoms with van der Waals surface area (Å²) in [5.41, 5.74) is -1.89. The number of halogens is 6. The monoisotopic (exact) mass is 352 g/mol. The second-order valence-corrected chi connectivity index (χ2v) is 4.08. The Kier molecular flexibility index (Phi) is 5.93. The molecule has 2 N–H and O–H groups in total. The number of hydrogen-bond acceptors (Lipinski definition) is 2. The summed E-state index contributed by atoms with van der Waals surface area (Å²) in [5, 5.41) is 16.5. The van der Waals surface area contributed by atoms with Crippen LogP contribution in [0.1, 0.15) is 20.7 Å². The molecule has 0 spiro atoms. The molecule has 0 heterocycles. The third-order valence-corrected chi connectivity index (χ3v) is 2.49. The van der Waals surface area contributed by atoms with Crippen LogP contribution in [0.3, 0.4) is 0 Å². The van der Waals surface area contributed by atoms with Crippen molar-refractivity contribution in [3.63, 3.8) is 0 Å². The van der Waals surface area contributed by atoms with E-state index in [0.717, 1.165) is 0 Å². The maximum Gasteiger partial charge on any atom is 0.338 e. The molecule has 0 fully saturated rings. The molecule has 0 radical (unpaired) electrons. The van der Waals surface area contributed by atoms with Crippen LogP contribution in [0, 0.1) is 34.9 Å². The summed E-state index contributed by atoms with van der Waals surface area (Å²) in [6.07, 6.45) is 0. The van der Waals surface area contributed by atoms with Gasteiger partial charge in [0.05, 0.1) is 5.56 Å². The summed E-state index contributed by atoms with van der Waals surface area (Å²) in [6.45, 7) is 0. The lowest BCUT2D eigenvalue weighted by atomic mass is 10.2. The van der Waals surface area contributed by atoms with Crippen LogP contribution >= 0.6 is 0 Å². The molecule has 2 aromatic rings. The Balaban J connectivity index is 0.000000240. The Morgan fingerprint density at radius 3 is 1.71 bits per heavy atom. The van der Waals surface area contributed by atoms with Gasteiger partial charge in [0.15, 0.2) is 29.1 Å². The minimum atomic E-state index is -1.77. The lowest BCUT2D eigenvalue weighted by molar-refractivity contribution is 0.0679. The highest BCUT2D eigenvalue weighted by atomic mass is 19.2. The van der Waals surface area contributed by atoms with Crippen LogP contribution in [0.4, 0.5) is 26.3 Å². The highest BCUT2D eigenvalue weighted by Gasteiger charge is 2.17. The van der Waals surface area contributed by atoms with Gasteiger partial charge >= 0.3 is 11.9 Å². The summed E-state index contributed by atoms with van der Waals surface area (Å²) >= 11 is 0. The van der Waals surface area contributed by atoms with Crippen molar-refractivity contribution in [3.05, 3.63) is 70.3 Å². The molecule has 2 aromatic carbocycles. The zero-order valence-electron chi connectivity index (χ0n) is 11.3. The summed E-state index contributed by atoms with van der Waals surface area (Å²) in [7, 11) is 0. The van der Waals surface area contributed by atoms with Gasteiger partial charge in [-0.15, -0.1) is 0 Å². The van der Waals surface area contributed by atoms with Gasteiger partial charge in [-0.1, -0.05) is 0 Å². The van der Waals surface area contributed by atoms with Crippen molar-refractivity contribution in [1.29, 1.82) is 0 Å². The molecule has 0 aromatic heterocycles. The Bertz CT molecular complexity index is 806. The fraction of sp³-hybridized carbons (Fsp3) is 0. The van der Waals surface area contributed by atoms with Crippen molar-refractivity contribution in [2.75, 3.05) is 0 Å². The third-order valence-electron chi connectivity index (χ3n) is 2.49. The number of carboxylic acids is 2. The van der Waals surface area contributed by atoms with Gasteiger partial charge in [-0.2, -0.15) is 0 Å². The summed E-state index contributed by atoms with van der Waals surface area (Å²) < 4.78 is 74.2. The summed E-state index contributed by atoms with van der Waals surface area (Å²) in [6, 6.07) is 1.92. The van der Waals surface area contributed by atoms with E-state index in [1.54, 1.807) is 0 Å². The molecule has 10 heteroatoms. The molecular formula is C14H6F6O4. The average molecular weight is 352 g/mol. The van der Waals surface area contributed by atoms with Crippen LogP contribution < -0.4 is 0 Å². The fourth-order valence-corrected chi connectivity index (χ4v) is 1.40. The van der Waals surface area contributed by atoms with Crippen LogP contribution in [0.2, 0.25) is 0 Å². The third kappa shape index (κ3) is 4.24. The van der Waals surface area contributed by atoms with E-state index in [2.05, 4.69) is 0 Å². The van der Waals surface area contributed by atoms with Crippen molar-refractivity contribution in [2.24, 2.45) is 0 Å². The Morgan fingerprint density at radius 1 is 0.667 bits per heavy atom. The van der Waals surface area contributed by atoms with Crippen molar-refractivity contribution >= 4 is 11.9 Å². The maximum absolute atomic E-state index is 12.5. The van der Waals surface area contributed by atoms with E-state index < -0.39 is 58.0 Å². The van der Waals surface area contributed by atoms with Crippen molar-refractivity contribution < 1.29 is 46.1 Å². The molecule has 0 saturated heterocycles. The standard InChI is InChI=1S/2C7H3F3O2/c8-3-1-4(7(11)12)6(10)5(9)2-3;8-4-2-1-3(7(11)12)5(9)6(4)10/h2*1-2H,(H,11,12). The van der Waals surface area contributed by atoms with Gasteiger partial charge in [0.1, 0.15) is 11.4 Å².